The fraction of sp³-hybridized carbons (Fsp3) is 0. The van der Waals surface area contributed by atoms with E-state index in [-0.39, 0.29) is 5.56 Å². The smallest absolute Gasteiger partial charge is 0.251 e. The van der Waals surface area contributed by atoms with Gasteiger partial charge in [-0.15, -0.1) is 0 Å². The Morgan fingerprint density at radius 2 is 2.08 bits per heavy atom. The molecule has 13 heavy (non-hydrogen) atoms. The van der Waals surface area contributed by atoms with Gasteiger partial charge < -0.3 is 5.73 Å². The monoisotopic (exact) mass is 182 g/mol. The van der Waals surface area contributed by atoms with E-state index >= 15 is 0 Å². The number of primary amides is 1. The van der Waals surface area contributed by atoms with Gasteiger partial charge in [-0.2, -0.15) is 0 Å². The van der Waals surface area contributed by atoms with Crippen LogP contribution in [0, 0.1) is 18.2 Å². The number of benzene rings is 1. The summed E-state index contributed by atoms with van der Waals surface area (Å²) in [6, 6.07) is 1.60. The molecule has 1 aromatic rings. The summed E-state index contributed by atoms with van der Waals surface area (Å²) in [7, 11) is 0. The predicted octanol–water partition coefficient (Wildman–Crippen LogP) is 1.51. The summed E-state index contributed by atoms with van der Waals surface area (Å²) in [5.74, 6) is -2.69. The predicted molar refractivity (Wildman–Crippen MR) is 43.6 cm³/mol. The Kier molecular flexibility index (Phi) is 2.41. The minimum atomic E-state index is -1.03. The second-order valence-electron chi connectivity index (χ2n) is 2.39. The van der Waals surface area contributed by atoms with Crippen LogP contribution in [-0.2, 0) is 0 Å². The Labute approximate surface area is 73.7 Å². The van der Waals surface area contributed by atoms with Crippen molar-refractivity contribution in [3.8, 4) is 0 Å². The van der Waals surface area contributed by atoms with Crippen LogP contribution in [0.2, 0.25) is 0 Å². The number of amides is 1. The van der Waals surface area contributed by atoms with E-state index in [1.807, 2.05) is 0 Å². The number of carbonyl (C=O) groups is 1. The van der Waals surface area contributed by atoms with Gasteiger partial charge in [0.1, 0.15) is 11.6 Å². The van der Waals surface area contributed by atoms with Crippen LogP contribution in [0.3, 0.4) is 0 Å². The average molecular weight is 182 g/mol. The quantitative estimate of drug-likeness (QED) is 0.740. The van der Waals surface area contributed by atoms with Crippen LogP contribution < -0.4 is 5.73 Å². The molecule has 0 aromatic heterocycles. The third-order valence-corrected chi connectivity index (χ3v) is 1.51. The van der Waals surface area contributed by atoms with Crippen molar-refractivity contribution in [2.45, 2.75) is 0 Å². The lowest BCUT2D eigenvalue weighted by atomic mass is 10.1. The highest BCUT2D eigenvalue weighted by atomic mass is 19.1. The van der Waals surface area contributed by atoms with Crippen LogP contribution in [0.25, 0.3) is 6.08 Å². The zero-order valence-corrected chi connectivity index (χ0v) is 6.55. The summed E-state index contributed by atoms with van der Waals surface area (Å²) in [5.41, 5.74) is 4.12. The van der Waals surface area contributed by atoms with Gasteiger partial charge in [-0.1, -0.05) is 12.7 Å². The molecule has 0 aliphatic heterocycles. The van der Waals surface area contributed by atoms with Gasteiger partial charge in [-0.05, 0) is 12.1 Å². The van der Waals surface area contributed by atoms with Crippen molar-refractivity contribution >= 4 is 12.0 Å². The van der Waals surface area contributed by atoms with E-state index in [0.29, 0.717) is 0 Å². The zero-order valence-electron chi connectivity index (χ0n) is 6.55. The molecule has 0 saturated carbocycles. The number of rotatable bonds is 2. The van der Waals surface area contributed by atoms with E-state index in [1.54, 1.807) is 0 Å². The van der Waals surface area contributed by atoms with Crippen LogP contribution in [0.4, 0.5) is 8.78 Å². The first-order chi connectivity index (χ1) is 6.06. The van der Waals surface area contributed by atoms with Gasteiger partial charge in [0.25, 0.3) is 5.91 Å². The Hall–Kier alpha value is -1.71. The molecule has 1 aromatic carbocycles. The van der Waals surface area contributed by atoms with Gasteiger partial charge in [0.15, 0.2) is 0 Å². The highest BCUT2D eigenvalue weighted by Crippen LogP contribution is 2.15. The largest absolute Gasteiger partial charge is 0.366 e. The molecule has 0 bridgehead atoms. The number of halogens is 2. The number of hydrogen-bond donors (Lipinski definition) is 1. The van der Waals surface area contributed by atoms with Gasteiger partial charge in [-0.3, -0.25) is 4.79 Å². The Morgan fingerprint density at radius 1 is 1.46 bits per heavy atom. The van der Waals surface area contributed by atoms with E-state index in [1.165, 1.54) is 0 Å². The molecule has 1 radical (unpaired) electrons. The molecule has 0 spiro atoms. The molecule has 0 aliphatic rings. The summed E-state index contributed by atoms with van der Waals surface area (Å²) in [6.45, 7) is 5.00. The number of carbonyl (C=O) groups excluding carboxylic acids is 1. The van der Waals surface area contributed by atoms with Crippen molar-refractivity contribution in [2.75, 3.05) is 0 Å². The van der Waals surface area contributed by atoms with Crippen molar-refractivity contribution in [2.24, 2.45) is 5.73 Å². The third-order valence-electron chi connectivity index (χ3n) is 1.51. The van der Waals surface area contributed by atoms with Gasteiger partial charge in [-0.25, -0.2) is 8.78 Å². The maximum Gasteiger partial charge on any atom is 0.251 e. The van der Waals surface area contributed by atoms with Crippen LogP contribution in [0.5, 0.6) is 0 Å². The lowest BCUT2D eigenvalue weighted by Gasteiger charge is -2.01. The molecule has 1 rings (SSSR count). The molecule has 0 atom stereocenters. The first-order valence-electron chi connectivity index (χ1n) is 3.40. The standard InChI is InChI=1S/C9H6F2NO/c1-2-5-3-6(10)4-7(8(5)11)9(12)13/h1-4H,(H2,12,13). The first kappa shape index (κ1) is 9.38. The number of nitrogens with two attached hydrogens (primary N) is 1. The second kappa shape index (κ2) is 3.35. The highest BCUT2D eigenvalue weighted by Gasteiger charge is 2.12. The van der Waals surface area contributed by atoms with Gasteiger partial charge >= 0.3 is 0 Å². The first-order valence-corrected chi connectivity index (χ1v) is 3.40. The molecule has 0 saturated heterocycles. The molecular formula is C9H6F2NO. The molecule has 67 valence electrons. The van der Waals surface area contributed by atoms with Crippen LogP contribution in [0.1, 0.15) is 15.9 Å². The SMILES string of the molecule is [CH]=Cc1cc(F)cc(C(N)=O)c1F. The Morgan fingerprint density at radius 3 is 2.54 bits per heavy atom. The molecule has 2 N–H and O–H groups in total. The average Bonchev–Trinajstić information content (AvgIpc) is 2.08. The van der Waals surface area contributed by atoms with Crippen molar-refractivity contribution in [1.82, 2.24) is 0 Å². The second-order valence-corrected chi connectivity index (χ2v) is 2.39. The lowest BCUT2D eigenvalue weighted by molar-refractivity contribution is 0.0996. The van der Waals surface area contributed by atoms with Crippen LogP contribution in [0.15, 0.2) is 12.1 Å². The summed E-state index contributed by atoms with van der Waals surface area (Å²) in [6.07, 6.45) is 0.866. The van der Waals surface area contributed by atoms with Crippen molar-refractivity contribution in [1.29, 1.82) is 0 Å². The third kappa shape index (κ3) is 1.72. The highest BCUT2D eigenvalue weighted by molar-refractivity contribution is 5.93. The van der Waals surface area contributed by atoms with Gasteiger partial charge in [0, 0.05) is 5.56 Å². The number of hydrogen-bond acceptors (Lipinski definition) is 1. The molecular weight excluding hydrogens is 176 g/mol. The normalized spacial score (nSPS) is 9.69. The van der Waals surface area contributed by atoms with Crippen LogP contribution >= 0.6 is 0 Å². The fourth-order valence-corrected chi connectivity index (χ4v) is 0.911. The van der Waals surface area contributed by atoms with Crippen molar-refractivity contribution in [3.05, 3.63) is 41.5 Å². The van der Waals surface area contributed by atoms with Crippen LogP contribution in [-0.4, -0.2) is 5.91 Å². The van der Waals surface area contributed by atoms with E-state index in [0.717, 1.165) is 18.2 Å². The van der Waals surface area contributed by atoms with E-state index in [4.69, 9.17) is 12.3 Å². The van der Waals surface area contributed by atoms with E-state index < -0.39 is 23.1 Å². The van der Waals surface area contributed by atoms with E-state index in [2.05, 4.69) is 0 Å². The Balaban J connectivity index is 3.44. The molecule has 0 heterocycles. The molecule has 0 aliphatic carbocycles. The van der Waals surface area contributed by atoms with Gasteiger partial charge in [0.05, 0.1) is 5.56 Å². The summed E-state index contributed by atoms with van der Waals surface area (Å²) in [5, 5.41) is 0. The minimum absolute atomic E-state index is 0.186. The molecule has 0 fully saturated rings. The molecule has 2 nitrogen and oxygen atoms in total. The molecule has 0 unspecified atom stereocenters. The summed E-state index contributed by atoms with van der Waals surface area (Å²) in [4.78, 5) is 10.6. The fourth-order valence-electron chi connectivity index (χ4n) is 0.911. The van der Waals surface area contributed by atoms with Gasteiger partial charge in [0.2, 0.25) is 0 Å². The van der Waals surface area contributed by atoms with Crippen molar-refractivity contribution in [3.63, 3.8) is 0 Å². The molecule has 1 amide bonds. The lowest BCUT2D eigenvalue weighted by Crippen LogP contribution is -2.14. The topological polar surface area (TPSA) is 43.1 Å². The maximum absolute atomic E-state index is 13.1. The zero-order chi connectivity index (χ0) is 10.0. The van der Waals surface area contributed by atoms with Crippen molar-refractivity contribution < 1.29 is 13.6 Å². The summed E-state index contributed by atoms with van der Waals surface area (Å²) < 4.78 is 25.8. The summed E-state index contributed by atoms with van der Waals surface area (Å²) >= 11 is 0. The van der Waals surface area contributed by atoms with E-state index in [9.17, 15) is 13.6 Å². The maximum atomic E-state index is 13.1. The minimum Gasteiger partial charge on any atom is -0.366 e. The molecule has 4 heteroatoms. The Bertz CT molecular complexity index is 374.